The number of carbonyl (C=O) groups is 1. The first kappa shape index (κ1) is 18.0. The SMILES string of the molecule is COCCNC(=O)c1cc(=O)c2ccccc2n1-c1cc(Cl)ccc1O. The minimum absolute atomic E-state index is 0.0610. The Balaban J connectivity index is 2.28. The number of nitrogens with zero attached hydrogens (tertiary/aromatic N) is 1. The number of fused-ring (bicyclic) bond motifs is 1. The van der Waals surface area contributed by atoms with Crippen LogP contribution in [0.3, 0.4) is 0 Å². The molecule has 0 aliphatic rings. The maximum atomic E-state index is 12.7. The van der Waals surface area contributed by atoms with Gasteiger partial charge in [-0.25, -0.2) is 0 Å². The normalized spacial score (nSPS) is 10.8. The number of nitrogens with one attached hydrogen (secondary N) is 1. The summed E-state index contributed by atoms with van der Waals surface area (Å²) in [6, 6.07) is 12.7. The van der Waals surface area contributed by atoms with Crippen LogP contribution in [-0.2, 0) is 4.74 Å². The van der Waals surface area contributed by atoms with E-state index in [0.717, 1.165) is 0 Å². The van der Waals surface area contributed by atoms with Crippen LogP contribution < -0.4 is 10.7 Å². The van der Waals surface area contributed by atoms with Gasteiger partial charge in [0.15, 0.2) is 5.43 Å². The molecule has 0 saturated carbocycles. The Bertz CT molecular complexity index is 1030. The number of amides is 1. The van der Waals surface area contributed by atoms with Gasteiger partial charge < -0.3 is 19.7 Å². The molecule has 0 spiro atoms. The number of hydrogen-bond donors (Lipinski definition) is 2. The van der Waals surface area contributed by atoms with Crippen LogP contribution in [0.1, 0.15) is 10.5 Å². The second kappa shape index (κ2) is 7.59. The molecule has 7 heteroatoms. The van der Waals surface area contributed by atoms with Crippen molar-refractivity contribution in [2.24, 2.45) is 0 Å². The van der Waals surface area contributed by atoms with E-state index in [0.29, 0.717) is 28.2 Å². The molecule has 0 unspecified atom stereocenters. The summed E-state index contributed by atoms with van der Waals surface area (Å²) in [6.07, 6.45) is 0. The van der Waals surface area contributed by atoms with Crippen LogP contribution in [0.2, 0.25) is 5.02 Å². The topological polar surface area (TPSA) is 80.6 Å². The Labute approximate surface area is 154 Å². The van der Waals surface area contributed by atoms with Gasteiger partial charge in [0.1, 0.15) is 11.4 Å². The molecule has 3 aromatic rings. The molecule has 134 valence electrons. The van der Waals surface area contributed by atoms with E-state index >= 15 is 0 Å². The van der Waals surface area contributed by atoms with Crippen molar-refractivity contribution in [2.45, 2.75) is 0 Å². The summed E-state index contributed by atoms with van der Waals surface area (Å²) in [6.45, 7) is 0.629. The van der Waals surface area contributed by atoms with Crippen molar-refractivity contribution in [1.29, 1.82) is 0 Å². The number of benzene rings is 2. The van der Waals surface area contributed by atoms with Gasteiger partial charge in [-0.3, -0.25) is 9.59 Å². The molecular weight excluding hydrogens is 356 g/mol. The Morgan fingerprint density at radius 2 is 2.00 bits per heavy atom. The molecule has 1 aromatic heterocycles. The van der Waals surface area contributed by atoms with E-state index in [2.05, 4.69) is 5.32 Å². The fourth-order valence-electron chi connectivity index (χ4n) is 2.73. The quantitative estimate of drug-likeness (QED) is 0.675. The first-order valence-electron chi connectivity index (χ1n) is 7.93. The van der Waals surface area contributed by atoms with Gasteiger partial charge in [0.25, 0.3) is 5.91 Å². The number of hydrogen-bond acceptors (Lipinski definition) is 4. The van der Waals surface area contributed by atoms with E-state index in [1.807, 2.05) is 0 Å². The van der Waals surface area contributed by atoms with Crippen LogP contribution in [0, 0.1) is 0 Å². The fourth-order valence-corrected chi connectivity index (χ4v) is 2.90. The predicted molar refractivity (Wildman–Crippen MR) is 100 cm³/mol. The van der Waals surface area contributed by atoms with Gasteiger partial charge in [-0.05, 0) is 30.3 Å². The average molecular weight is 373 g/mol. The zero-order valence-corrected chi connectivity index (χ0v) is 14.8. The largest absolute Gasteiger partial charge is 0.506 e. The number of aromatic hydroxyl groups is 1. The van der Waals surface area contributed by atoms with E-state index < -0.39 is 5.91 Å². The molecule has 2 aromatic carbocycles. The molecule has 0 fully saturated rings. The highest BCUT2D eigenvalue weighted by atomic mass is 35.5. The van der Waals surface area contributed by atoms with Gasteiger partial charge in [-0.15, -0.1) is 0 Å². The number of methoxy groups -OCH3 is 1. The van der Waals surface area contributed by atoms with Gasteiger partial charge in [0.05, 0.1) is 17.8 Å². The van der Waals surface area contributed by atoms with Crippen LogP contribution in [-0.4, -0.2) is 35.8 Å². The van der Waals surface area contributed by atoms with Crippen molar-refractivity contribution in [1.82, 2.24) is 9.88 Å². The standard InChI is InChI=1S/C19H17ClN2O4/c1-26-9-8-21-19(25)16-11-18(24)13-4-2-3-5-14(13)22(16)15-10-12(20)6-7-17(15)23/h2-7,10-11,23H,8-9H2,1H3,(H,21,25). The number of aromatic nitrogens is 1. The lowest BCUT2D eigenvalue weighted by molar-refractivity contribution is 0.0930. The second-order valence-corrected chi connectivity index (χ2v) is 6.06. The number of para-hydroxylation sites is 1. The highest BCUT2D eigenvalue weighted by Gasteiger charge is 2.18. The predicted octanol–water partition coefficient (Wildman–Crippen LogP) is 2.73. The number of phenolic OH excluding ortho intramolecular Hbond substituents is 1. The number of phenols is 1. The first-order valence-corrected chi connectivity index (χ1v) is 8.31. The van der Waals surface area contributed by atoms with Gasteiger partial charge in [0.2, 0.25) is 0 Å². The minimum Gasteiger partial charge on any atom is -0.506 e. The zero-order valence-electron chi connectivity index (χ0n) is 14.0. The molecule has 2 N–H and O–H groups in total. The third-order valence-corrected chi connectivity index (χ3v) is 4.16. The minimum atomic E-state index is -0.454. The Hall–Kier alpha value is -2.83. The van der Waals surface area contributed by atoms with Crippen LogP contribution in [0.25, 0.3) is 16.6 Å². The lowest BCUT2D eigenvalue weighted by Crippen LogP contribution is -2.31. The lowest BCUT2D eigenvalue weighted by atomic mass is 10.1. The van der Waals surface area contributed by atoms with Crippen LogP contribution in [0.4, 0.5) is 0 Å². The van der Waals surface area contributed by atoms with Crippen molar-refractivity contribution < 1.29 is 14.6 Å². The van der Waals surface area contributed by atoms with Gasteiger partial charge in [-0.1, -0.05) is 23.7 Å². The third-order valence-electron chi connectivity index (χ3n) is 3.92. The maximum absolute atomic E-state index is 12.7. The smallest absolute Gasteiger partial charge is 0.268 e. The Morgan fingerprint density at radius 1 is 1.23 bits per heavy atom. The zero-order chi connectivity index (χ0) is 18.7. The van der Waals surface area contributed by atoms with Crippen LogP contribution >= 0.6 is 11.6 Å². The lowest BCUT2D eigenvalue weighted by Gasteiger charge is -2.18. The van der Waals surface area contributed by atoms with Crippen molar-refractivity contribution in [3.8, 4) is 11.4 Å². The molecule has 0 saturated heterocycles. The fraction of sp³-hybridized carbons (Fsp3) is 0.158. The second-order valence-electron chi connectivity index (χ2n) is 5.63. The summed E-state index contributed by atoms with van der Waals surface area (Å²) in [5.74, 6) is -0.515. The number of carbonyl (C=O) groups excluding carboxylic acids is 1. The van der Waals surface area contributed by atoms with Gasteiger partial charge in [-0.2, -0.15) is 0 Å². The van der Waals surface area contributed by atoms with Crippen LogP contribution in [0.5, 0.6) is 5.75 Å². The molecular formula is C19H17ClN2O4. The summed E-state index contributed by atoms with van der Waals surface area (Å²) in [4.78, 5) is 25.1. The van der Waals surface area contributed by atoms with Crippen molar-refractivity contribution in [3.63, 3.8) is 0 Å². The molecule has 0 aliphatic heterocycles. The molecule has 0 radical (unpaired) electrons. The van der Waals surface area contributed by atoms with Crippen molar-refractivity contribution >= 4 is 28.4 Å². The van der Waals surface area contributed by atoms with E-state index in [9.17, 15) is 14.7 Å². The first-order chi connectivity index (χ1) is 12.5. The highest BCUT2D eigenvalue weighted by Crippen LogP contribution is 2.29. The van der Waals surface area contributed by atoms with Gasteiger partial charge >= 0.3 is 0 Å². The monoisotopic (exact) mass is 372 g/mol. The average Bonchev–Trinajstić information content (AvgIpc) is 2.64. The van der Waals surface area contributed by atoms with E-state index in [1.54, 1.807) is 36.4 Å². The molecule has 0 atom stereocenters. The molecule has 1 heterocycles. The van der Waals surface area contributed by atoms with E-state index in [1.165, 1.54) is 23.8 Å². The number of halogens is 1. The number of pyridine rings is 1. The summed E-state index contributed by atoms with van der Waals surface area (Å²) >= 11 is 6.08. The summed E-state index contributed by atoms with van der Waals surface area (Å²) < 4.78 is 6.46. The number of rotatable bonds is 5. The van der Waals surface area contributed by atoms with Crippen LogP contribution in [0.15, 0.2) is 53.3 Å². The Kier molecular flexibility index (Phi) is 5.25. The van der Waals surface area contributed by atoms with E-state index in [4.69, 9.17) is 16.3 Å². The molecule has 0 aliphatic carbocycles. The summed E-state index contributed by atoms with van der Waals surface area (Å²) in [5, 5.41) is 13.9. The summed E-state index contributed by atoms with van der Waals surface area (Å²) in [7, 11) is 1.53. The molecule has 3 rings (SSSR count). The Morgan fingerprint density at radius 3 is 2.77 bits per heavy atom. The third kappa shape index (κ3) is 3.42. The van der Waals surface area contributed by atoms with E-state index in [-0.39, 0.29) is 23.4 Å². The molecule has 26 heavy (non-hydrogen) atoms. The van der Waals surface area contributed by atoms with Crippen molar-refractivity contribution in [2.75, 3.05) is 20.3 Å². The number of ether oxygens (including phenoxy) is 1. The highest BCUT2D eigenvalue weighted by molar-refractivity contribution is 6.30. The molecule has 1 amide bonds. The molecule has 6 nitrogen and oxygen atoms in total. The van der Waals surface area contributed by atoms with Crippen molar-refractivity contribution in [3.05, 3.63) is 69.5 Å². The molecule has 0 bridgehead atoms. The summed E-state index contributed by atoms with van der Waals surface area (Å²) in [5.41, 5.74) is 0.623. The van der Waals surface area contributed by atoms with Gasteiger partial charge in [0, 0.05) is 30.1 Å². The maximum Gasteiger partial charge on any atom is 0.268 e.